The highest BCUT2D eigenvalue weighted by molar-refractivity contribution is 7.19. The van der Waals surface area contributed by atoms with Crippen molar-refractivity contribution in [1.29, 1.82) is 0 Å². The second-order valence-electron chi connectivity index (χ2n) is 19.6. The molecule has 0 heterocycles. The zero-order valence-electron chi connectivity index (χ0n) is 41.5. The molecule has 0 saturated carbocycles. The summed E-state index contributed by atoms with van der Waals surface area (Å²) in [5, 5.41) is 5.47. The zero-order chi connectivity index (χ0) is 50.0. The van der Waals surface area contributed by atoms with Crippen LogP contribution in [0.1, 0.15) is 22.3 Å². The highest BCUT2D eigenvalue weighted by Gasteiger charge is 2.46. The number of rotatable bonds is 12. The molecule has 0 unspecified atom stereocenters. The van der Waals surface area contributed by atoms with Crippen LogP contribution in [0.4, 0.5) is 17.1 Å². The molecule has 13 rings (SSSR count). The van der Waals surface area contributed by atoms with Crippen molar-refractivity contribution in [1.82, 2.24) is 0 Å². The first-order chi connectivity index (χ1) is 37.2. The lowest BCUT2D eigenvalue weighted by Crippen LogP contribution is -2.74. The molecule has 0 spiro atoms. The Morgan fingerprint density at radius 2 is 0.533 bits per heavy atom. The smallest absolute Gasteiger partial charge is 0.179 e. The molecule has 1 aliphatic carbocycles. The number of benzene rings is 12. The van der Waals surface area contributed by atoms with Crippen LogP contribution in [0, 0.1) is 0 Å². The lowest BCUT2D eigenvalue weighted by molar-refractivity contribution is 0.769. The topological polar surface area (TPSA) is 3.24 Å². The molecule has 1 aliphatic rings. The van der Waals surface area contributed by atoms with E-state index in [1.807, 2.05) is 0 Å². The second kappa shape index (κ2) is 19.6. The maximum absolute atomic E-state index is 2.63. The minimum Gasteiger partial charge on any atom is -0.311 e. The molecule has 12 aromatic rings. The Bertz CT molecular complexity index is 3730. The van der Waals surface area contributed by atoms with Crippen molar-refractivity contribution >= 4 is 45.9 Å². The molecule has 0 aliphatic heterocycles. The van der Waals surface area contributed by atoms with E-state index in [0.29, 0.717) is 0 Å². The molecule has 0 fully saturated rings. The highest BCUT2D eigenvalue weighted by atomic mass is 28.3. The van der Waals surface area contributed by atoms with E-state index in [9.17, 15) is 0 Å². The molecule has 0 saturated heterocycles. The zero-order valence-corrected chi connectivity index (χ0v) is 42.5. The SMILES string of the molecule is c1ccc(-c2ccc(N(c3ccc(-c4ccc([Si](c5ccccc5)(c5ccccc5)c5ccccc5)cc4)cc3)c3ccc(-c4ccc5c(c4)C(c4ccccc4)(c4ccccc4)c4ccccc4-5)cc3)cc2)cc1. The van der Waals surface area contributed by atoms with Gasteiger partial charge in [0.25, 0.3) is 0 Å². The van der Waals surface area contributed by atoms with Crippen molar-refractivity contribution in [3.05, 3.63) is 344 Å². The molecule has 0 atom stereocenters. The summed E-state index contributed by atoms with van der Waals surface area (Å²) >= 11 is 0. The van der Waals surface area contributed by atoms with E-state index in [2.05, 4.69) is 326 Å². The molecule has 0 radical (unpaired) electrons. The van der Waals surface area contributed by atoms with Crippen molar-refractivity contribution in [2.45, 2.75) is 5.41 Å². The van der Waals surface area contributed by atoms with E-state index in [0.717, 1.165) is 17.1 Å². The molecule has 12 aromatic carbocycles. The van der Waals surface area contributed by atoms with Gasteiger partial charge in [-0.05, 0) is 130 Å². The molecule has 0 bridgehead atoms. The van der Waals surface area contributed by atoms with Gasteiger partial charge in [-0.25, -0.2) is 0 Å². The van der Waals surface area contributed by atoms with Gasteiger partial charge in [0.1, 0.15) is 0 Å². The number of anilines is 3. The van der Waals surface area contributed by atoms with Gasteiger partial charge >= 0.3 is 0 Å². The van der Waals surface area contributed by atoms with Gasteiger partial charge in [-0.3, -0.25) is 0 Å². The Morgan fingerprint density at radius 3 is 0.973 bits per heavy atom. The van der Waals surface area contributed by atoms with Crippen molar-refractivity contribution in [2.75, 3.05) is 4.90 Å². The van der Waals surface area contributed by atoms with E-state index in [1.165, 1.54) is 87.5 Å². The summed E-state index contributed by atoms with van der Waals surface area (Å²) in [6.45, 7) is 0. The average Bonchev–Trinajstić information content (AvgIpc) is 3.85. The average molecular weight is 972 g/mol. The fourth-order valence-electron chi connectivity index (χ4n) is 12.1. The Kier molecular flexibility index (Phi) is 11.9. The molecule has 2 heteroatoms. The first-order valence-electron chi connectivity index (χ1n) is 26.0. The minimum absolute atomic E-state index is 0.458. The second-order valence-corrected chi connectivity index (χ2v) is 23.4. The van der Waals surface area contributed by atoms with Crippen LogP contribution in [-0.4, -0.2) is 8.07 Å². The molecular formula is C73H53NSi. The number of nitrogens with zero attached hydrogens (tertiary/aromatic N) is 1. The Hall–Kier alpha value is -9.34. The van der Waals surface area contributed by atoms with Crippen LogP contribution >= 0.6 is 0 Å². The summed E-state index contributed by atoms with van der Waals surface area (Å²) in [4.78, 5) is 2.38. The summed E-state index contributed by atoms with van der Waals surface area (Å²) in [5.41, 5.74) is 17.7. The van der Waals surface area contributed by atoms with E-state index >= 15 is 0 Å². The van der Waals surface area contributed by atoms with Crippen LogP contribution in [-0.2, 0) is 5.41 Å². The maximum Gasteiger partial charge on any atom is 0.179 e. The molecule has 1 nitrogen and oxygen atoms in total. The molecule has 0 amide bonds. The Morgan fingerprint density at radius 1 is 0.227 bits per heavy atom. The summed E-state index contributed by atoms with van der Waals surface area (Å²) in [5.74, 6) is 0. The first kappa shape index (κ1) is 45.5. The van der Waals surface area contributed by atoms with Crippen molar-refractivity contribution in [2.24, 2.45) is 0 Å². The quantitative estimate of drug-likeness (QED) is 0.0871. The van der Waals surface area contributed by atoms with E-state index in [1.54, 1.807) is 0 Å². The largest absolute Gasteiger partial charge is 0.311 e. The number of hydrogen-bond donors (Lipinski definition) is 0. The standard InChI is InChI=1S/C73H53NSi/c1-7-21-54(22-8-1)55-35-44-62(45-36-55)74(63-46-37-56(38-47-63)57-41-50-68(51-42-57)75(65-27-13-4-14-28-65,66-29-15-5-16-30-66)67-31-17-6-18-32-67)64-48-39-58(40-49-64)59-43-52-70-69-33-19-20-34-71(69)73(72(70)53-59,60-23-9-2-10-24-60)61-25-11-3-12-26-61/h1-53H. The molecule has 0 aromatic heterocycles. The van der Waals surface area contributed by atoms with Gasteiger partial charge in [0, 0.05) is 17.1 Å². The summed E-state index contributed by atoms with van der Waals surface area (Å²) in [6, 6.07) is 119. The molecular weight excluding hydrogens is 919 g/mol. The van der Waals surface area contributed by atoms with E-state index < -0.39 is 13.5 Å². The van der Waals surface area contributed by atoms with Gasteiger partial charge < -0.3 is 4.90 Å². The maximum atomic E-state index is 2.45. The van der Waals surface area contributed by atoms with Crippen molar-refractivity contribution in [3.63, 3.8) is 0 Å². The summed E-state index contributed by atoms with van der Waals surface area (Å²) in [7, 11) is -2.63. The lowest BCUT2D eigenvalue weighted by atomic mass is 9.67. The fraction of sp³-hybridized carbons (Fsp3) is 0.0137. The predicted octanol–water partition coefficient (Wildman–Crippen LogP) is 15.9. The number of fused-ring (bicyclic) bond motifs is 3. The normalized spacial score (nSPS) is 12.4. The predicted molar refractivity (Wildman–Crippen MR) is 318 cm³/mol. The van der Waals surface area contributed by atoms with E-state index in [-0.39, 0.29) is 0 Å². The van der Waals surface area contributed by atoms with Crippen LogP contribution < -0.4 is 25.6 Å². The van der Waals surface area contributed by atoms with Gasteiger partial charge in [0.05, 0.1) is 5.41 Å². The van der Waals surface area contributed by atoms with Crippen LogP contribution in [0.5, 0.6) is 0 Å². The van der Waals surface area contributed by atoms with Crippen LogP contribution in [0.3, 0.4) is 0 Å². The van der Waals surface area contributed by atoms with Gasteiger partial charge in [-0.15, -0.1) is 0 Å². The number of hydrogen-bond acceptors (Lipinski definition) is 1. The third-order valence-corrected chi connectivity index (χ3v) is 20.3. The first-order valence-corrected chi connectivity index (χ1v) is 28.0. The minimum atomic E-state index is -2.63. The highest BCUT2D eigenvalue weighted by Crippen LogP contribution is 2.56. The van der Waals surface area contributed by atoms with Crippen LogP contribution in [0.25, 0.3) is 44.5 Å². The Balaban J connectivity index is 0.872. The van der Waals surface area contributed by atoms with E-state index in [4.69, 9.17) is 0 Å². The Labute approximate surface area is 442 Å². The van der Waals surface area contributed by atoms with Gasteiger partial charge in [-0.2, -0.15) is 0 Å². The third kappa shape index (κ3) is 7.95. The summed E-state index contributed by atoms with van der Waals surface area (Å²) in [6.07, 6.45) is 0. The monoisotopic (exact) mass is 971 g/mol. The van der Waals surface area contributed by atoms with Gasteiger partial charge in [0.2, 0.25) is 0 Å². The fourth-order valence-corrected chi connectivity index (χ4v) is 16.8. The van der Waals surface area contributed by atoms with Crippen molar-refractivity contribution in [3.8, 4) is 44.5 Å². The van der Waals surface area contributed by atoms with Crippen LogP contribution in [0.15, 0.2) is 322 Å². The lowest BCUT2D eigenvalue weighted by Gasteiger charge is -2.34. The van der Waals surface area contributed by atoms with Crippen LogP contribution in [0.2, 0.25) is 0 Å². The molecule has 0 N–H and O–H groups in total. The third-order valence-electron chi connectivity index (χ3n) is 15.5. The van der Waals surface area contributed by atoms with Gasteiger partial charge in [-0.1, -0.05) is 279 Å². The molecule has 75 heavy (non-hydrogen) atoms. The molecule has 354 valence electrons. The van der Waals surface area contributed by atoms with Gasteiger partial charge in [0.15, 0.2) is 8.07 Å². The summed E-state index contributed by atoms with van der Waals surface area (Å²) < 4.78 is 0. The van der Waals surface area contributed by atoms with Crippen molar-refractivity contribution < 1.29 is 0 Å².